The Hall–Kier alpha value is -2.55. The number of aryl methyl sites for hydroxylation is 1. The Morgan fingerprint density at radius 2 is 2.23 bits per heavy atom. The number of hydrogen-bond donors (Lipinski definition) is 2. The topological polar surface area (TPSA) is 90.6 Å². The zero-order valence-electron chi connectivity index (χ0n) is 11.8. The van der Waals surface area contributed by atoms with E-state index in [-0.39, 0.29) is 6.61 Å². The standard InChI is InChI=1S/C13H14N6O2S/c1-2-9-4-3-5-11(19-13(20)14-16-17-19)10(9)8-21-12-6-7-18(22)15-12/h3-7,22H,2,8H2,1H3,(H,14,17,20). The highest BCUT2D eigenvalue weighted by atomic mass is 32.1. The fourth-order valence-corrected chi connectivity index (χ4v) is 2.35. The molecule has 3 aromatic rings. The Kier molecular flexibility index (Phi) is 3.96. The van der Waals surface area contributed by atoms with Crippen molar-refractivity contribution in [1.29, 1.82) is 0 Å². The van der Waals surface area contributed by atoms with E-state index < -0.39 is 5.69 Å². The van der Waals surface area contributed by atoms with Crippen LogP contribution in [0.2, 0.25) is 0 Å². The fourth-order valence-electron chi connectivity index (χ4n) is 2.19. The Labute approximate surface area is 131 Å². The lowest BCUT2D eigenvalue weighted by atomic mass is 10.0. The van der Waals surface area contributed by atoms with Gasteiger partial charge in [-0.15, -0.1) is 5.10 Å². The number of aromatic nitrogens is 6. The quantitative estimate of drug-likeness (QED) is 0.685. The van der Waals surface area contributed by atoms with Crippen molar-refractivity contribution in [2.75, 3.05) is 0 Å². The maximum absolute atomic E-state index is 11.8. The van der Waals surface area contributed by atoms with E-state index in [0.717, 1.165) is 17.5 Å². The Morgan fingerprint density at radius 3 is 2.86 bits per heavy atom. The van der Waals surface area contributed by atoms with Crippen LogP contribution in [0.15, 0.2) is 35.3 Å². The van der Waals surface area contributed by atoms with Crippen LogP contribution in [0.25, 0.3) is 5.69 Å². The molecular formula is C13H14N6O2S. The second kappa shape index (κ2) is 6.06. The lowest BCUT2D eigenvalue weighted by molar-refractivity contribution is 0.291. The van der Waals surface area contributed by atoms with Gasteiger partial charge < -0.3 is 4.74 Å². The highest BCUT2D eigenvalue weighted by Crippen LogP contribution is 2.20. The lowest BCUT2D eigenvalue weighted by Gasteiger charge is -2.13. The van der Waals surface area contributed by atoms with Crippen molar-refractivity contribution < 1.29 is 4.74 Å². The van der Waals surface area contributed by atoms with Crippen LogP contribution in [0, 0.1) is 0 Å². The normalized spacial score (nSPS) is 10.8. The highest BCUT2D eigenvalue weighted by molar-refractivity contribution is 7.78. The zero-order valence-corrected chi connectivity index (χ0v) is 12.7. The molecule has 0 saturated carbocycles. The summed E-state index contributed by atoms with van der Waals surface area (Å²) < 4.78 is 8.26. The molecule has 0 spiro atoms. The van der Waals surface area contributed by atoms with Gasteiger partial charge in [0.2, 0.25) is 5.88 Å². The minimum absolute atomic E-state index is 0.267. The second-order valence-corrected chi connectivity index (χ2v) is 4.96. The molecule has 1 N–H and O–H groups in total. The Balaban J connectivity index is 1.97. The summed E-state index contributed by atoms with van der Waals surface area (Å²) in [5, 5.41) is 13.7. The number of thiol groups is 1. The predicted octanol–water partition coefficient (Wildman–Crippen LogP) is 0.986. The first-order valence-corrected chi connectivity index (χ1v) is 7.08. The molecule has 0 fully saturated rings. The van der Waals surface area contributed by atoms with Crippen LogP contribution in [0.3, 0.4) is 0 Å². The number of nitrogens with zero attached hydrogens (tertiary/aromatic N) is 5. The van der Waals surface area contributed by atoms with E-state index in [1.807, 2.05) is 19.1 Å². The van der Waals surface area contributed by atoms with Crippen LogP contribution in [0.4, 0.5) is 0 Å². The molecule has 0 aliphatic rings. The van der Waals surface area contributed by atoms with Crippen molar-refractivity contribution in [3.05, 3.63) is 52.1 Å². The maximum atomic E-state index is 11.8. The lowest BCUT2D eigenvalue weighted by Crippen LogP contribution is -2.19. The summed E-state index contributed by atoms with van der Waals surface area (Å²) in [7, 11) is 0. The Bertz CT molecular complexity index is 837. The smallest absolute Gasteiger partial charge is 0.365 e. The number of tetrazole rings is 1. The van der Waals surface area contributed by atoms with Crippen LogP contribution < -0.4 is 10.4 Å². The largest absolute Gasteiger partial charge is 0.472 e. The summed E-state index contributed by atoms with van der Waals surface area (Å²) in [4.78, 5) is 11.8. The summed E-state index contributed by atoms with van der Waals surface area (Å²) in [5.41, 5.74) is 2.19. The van der Waals surface area contributed by atoms with Gasteiger partial charge >= 0.3 is 5.69 Å². The van der Waals surface area contributed by atoms with E-state index in [0.29, 0.717) is 11.6 Å². The van der Waals surface area contributed by atoms with Gasteiger partial charge in [0, 0.05) is 17.8 Å². The maximum Gasteiger partial charge on any atom is 0.365 e. The molecular weight excluding hydrogens is 304 g/mol. The van der Waals surface area contributed by atoms with Crippen molar-refractivity contribution in [2.45, 2.75) is 20.0 Å². The minimum Gasteiger partial charge on any atom is -0.472 e. The third-order valence-electron chi connectivity index (χ3n) is 3.25. The third kappa shape index (κ3) is 2.75. The first kappa shape index (κ1) is 14.4. The molecule has 2 aromatic heterocycles. The summed E-state index contributed by atoms with van der Waals surface area (Å²) in [6.45, 7) is 2.31. The number of aromatic amines is 1. The van der Waals surface area contributed by atoms with Gasteiger partial charge in [-0.05, 0) is 41.3 Å². The number of benzene rings is 1. The molecule has 0 aliphatic heterocycles. The zero-order chi connectivity index (χ0) is 15.5. The van der Waals surface area contributed by atoms with Gasteiger partial charge in [0.15, 0.2) is 0 Å². The first-order chi connectivity index (χ1) is 10.7. The van der Waals surface area contributed by atoms with Crippen molar-refractivity contribution in [3.8, 4) is 11.6 Å². The van der Waals surface area contributed by atoms with Crippen LogP contribution in [0.5, 0.6) is 5.88 Å². The summed E-state index contributed by atoms with van der Waals surface area (Å²) in [5.74, 6) is 0.458. The summed E-state index contributed by atoms with van der Waals surface area (Å²) in [6.07, 6.45) is 2.48. The molecule has 114 valence electrons. The molecule has 0 atom stereocenters. The van der Waals surface area contributed by atoms with E-state index in [1.54, 1.807) is 18.3 Å². The number of hydrogen-bond acceptors (Lipinski definition) is 6. The number of H-pyrrole nitrogens is 1. The van der Waals surface area contributed by atoms with E-state index in [2.05, 4.69) is 33.4 Å². The monoisotopic (exact) mass is 318 g/mol. The molecule has 2 heterocycles. The van der Waals surface area contributed by atoms with Gasteiger partial charge in [-0.1, -0.05) is 19.1 Å². The molecule has 0 unspecified atom stereocenters. The average molecular weight is 318 g/mol. The number of rotatable bonds is 5. The van der Waals surface area contributed by atoms with Gasteiger partial charge in [-0.25, -0.2) is 14.0 Å². The van der Waals surface area contributed by atoms with Crippen molar-refractivity contribution in [3.63, 3.8) is 0 Å². The van der Waals surface area contributed by atoms with E-state index in [9.17, 15) is 4.79 Å². The molecule has 22 heavy (non-hydrogen) atoms. The van der Waals surface area contributed by atoms with Crippen molar-refractivity contribution in [1.82, 2.24) is 29.4 Å². The van der Waals surface area contributed by atoms with Crippen LogP contribution >= 0.6 is 12.8 Å². The molecule has 0 amide bonds. The second-order valence-electron chi connectivity index (χ2n) is 4.55. The van der Waals surface area contributed by atoms with E-state index in [4.69, 9.17) is 4.74 Å². The molecule has 0 saturated heterocycles. The first-order valence-electron chi connectivity index (χ1n) is 6.68. The SMILES string of the molecule is CCc1cccc(-n2nn[nH]c2=O)c1COc1ccn(S)n1. The van der Waals surface area contributed by atoms with Gasteiger partial charge in [-0.3, -0.25) is 0 Å². The summed E-state index contributed by atoms with van der Waals surface area (Å²) in [6, 6.07) is 7.38. The number of ether oxygens (including phenoxy) is 1. The molecule has 0 aliphatic carbocycles. The van der Waals surface area contributed by atoms with Crippen LogP contribution in [-0.2, 0) is 13.0 Å². The van der Waals surface area contributed by atoms with E-state index in [1.165, 1.54) is 8.77 Å². The Morgan fingerprint density at radius 1 is 1.36 bits per heavy atom. The molecule has 1 aromatic carbocycles. The van der Waals surface area contributed by atoms with Gasteiger partial charge in [0.1, 0.15) is 6.61 Å². The molecule has 0 bridgehead atoms. The van der Waals surface area contributed by atoms with Gasteiger partial charge in [0.05, 0.1) is 5.69 Å². The highest BCUT2D eigenvalue weighted by Gasteiger charge is 2.13. The third-order valence-corrected chi connectivity index (χ3v) is 3.47. The predicted molar refractivity (Wildman–Crippen MR) is 82.3 cm³/mol. The molecule has 0 radical (unpaired) electrons. The molecule has 8 nitrogen and oxygen atoms in total. The molecule has 3 rings (SSSR count). The molecule has 9 heteroatoms. The van der Waals surface area contributed by atoms with E-state index >= 15 is 0 Å². The van der Waals surface area contributed by atoms with Gasteiger partial charge in [-0.2, -0.15) is 4.68 Å². The van der Waals surface area contributed by atoms with Crippen LogP contribution in [0.1, 0.15) is 18.1 Å². The summed E-state index contributed by atoms with van der Waals surface area (Å²) >= 11 is 4.06. The van der Waals surface area contributed by atoms with Gasteiger partial charge in [0.25, 0.3) is 0 Å². The fraction of sp³-hybridized carbons (Fsp3) is 0.231. The minimum atomic E-state index is -0.394. The average Bonchev–Trinajstić information content (AvgIpc) is 3.13. The number of nitrogens with one attached hydrogen (secondary N) is 1. The van der Waals surface area contributed by atoms with Crippen LogP contribution in [-0.4, -0.2) is 29.4 Å². The van der Waals surface area contributed by atoms with Crippen molar-refractivity contribution in [2.24, 2.45) is 0 Å². The van der Waals surface area contributed by atoms with Crippen molar-refractivity contribution >= 4 is 12.8 Å².